The highest BCUT2D eigenvalue weighted by Crippen LogP contribution is 2.53. The smallest absolute Gasteiger partial charge is 0.423 e. The molecule has 2 aliphatic heterocycles. The second kappa shape index (κ2) is 3.84. The number of hydrogen-bond acceptors (Lipinski definition) is 4. The third kappa shape index (κ3) is 1.80. The minimum Gasteiger partial charge on any atom is -0.423 e. The normalized spacial score (nSPS) is 28.2. The monoisotopic (exact) mass is 291 g/mol. The number of ketones is 1. The van der Waals surface area contributed by atoms with Crippen molar-refractivity contribution >= 4 is 11.8 Å². The average Bonchev–Trinajstić information content (AvgIpc) is 2.51. The lowest BCUT2D eigenvalue weighted by Crippen LogP contribution is -2.68. The number of fused-ring (bicyclic) bond motifs is 1. The molecule has 2 saturated heterocycles. The van der Waals surface area contributed by atoms with Crippen molar-refractivity contribution in [3.63, 3.8) is 0 Å². The predicted octanol–water partition coefficient (Wildman–Crippen LogP) is 1.40. The van der Waals surface area contributed by atoms with E-state index in [0.717, 1.165) is 0 Å². The molecular formula is C9H7F6NO3. The number of rotatable bonds is 0. The lowest BCUT2D eigenvalue weighted by Gasteiger charge is -2.40. The van der Waals surface area contributed by atoms with Crippen molar-refractivity contribution in [3.05, 3.63) is 0 Å². The molecule has 2 heterocycles. The Kier molecular flexibility index (Phi) is 2.85. The van der Waals surface area contributed by atoms with Crippen LogP contribution in [0.5, 0.6) is 0 Å². The molecule has 0 bridgehead atoms. The molecule has 2 aliphatic rings. The van der Waals surface area contributed by atoms with Crippen molar-refractivity contribution in [1.29, 1.82) is 0 Å². The van der Waals surface area contributed by atoms with Gasteiger partial charge in [-0.1, -0.05) is 0 Å². The van der Waals surface area contributed by atoms with Crippen LogP contribution in [0, 0.1) is 0 Å². The van der Waals surface area contributed by atoms with Crippen LogP contribution in [-0.2, 0) is 14.3 Å². The largest absolute Gasteiger partial charge is 0.453 e. The van der Waals surface area contributed by atoms with Gasteiger partial charge in [0, 0.05) is 6.42 Å². The van der Waals surface area contributed by atoms with Gasteiger partial charge in [-0.2, -0.15) is 26.3 Å². The summed E-state index contributed by atoms with van der Waals surface area (Å²) in [6, 6.07) is -1.69. The standard InChI is InChI=1S/C9H7F6NO3/c10-8(11,12)7(9(13,14)15)16-3-4(17)1-2-5(16)6(18)19-7/h5H,1-3H2/t5-/m0/s1. The molecule has 0 amide bonds. The van der Waals surface area contributed by atoms with E-state index < -0.39 is 48.8 Å². The maximum atomic E-state index is 12.8. The zero-order chi connectivity index (χ0) is 14.6. The van der Waals surface area contributed by atoms with E-state index in [1.807, 2.05) is 0 Å². The molecule has 0 aromatic carbocycles. The number of ether oxygens (including phenoxy) is 1. The first-order chi connectivity index (χ1) is 8.50. The number of hydrogen-bond donors (Lipinski definition) is 0. The van der Waals surface area contributed by atoms with E-state index in [1.54, 1.807) is 0 Å². The summed E-state index contributed by atoms with van der Waals surface area (Å²) in [7, 11) is 0. The maximum Gasteiger partial charge on any atom is 0.453 e. The lowest BCUT2D eigenvalue weighted by atomic mass is 9.99. The Morgan fingerprint density at radius 3 is 2.11 bits per heavy atom. The van der Waals surface area contributed by atoms with Gasteiger partial charge < -0.3 is 4.74 Å². The van der Waals surface area contributed by atoms with E-state index >= 15 is 0 Å². The molecule has 1 atom stereocenters. The van der Waals surface area contributed by atoms with Gasteiger partial charge in [-0.25, -0.2) is 4.90 Å². The lowest BCUT2D eigenvalue weighted by molar-refractivity contribution is -0.401. The summed E-state index contributed by atoms with van der Waals surface area (Å²) in [5.74, 6) is -2.41. The number of esters is 1. The minimum absolute atomic E-state index is 0.235. The van der Waals surface area contributed by atoms with Crippen LogP contribution in [0.25, 0.3) is 0 Å². The molecule has 108 valence electrons. The Labute approximate surface area is 102 Å². The van der Waals surface area contributed by atoms with Gasteiger partial charge in [0.25, 0.3) is 0 Å². The van der Waals surface area contributed by atoms with Crippen molar-refractivity contribution in [3.8, 4) is 0 Å². The summed E-state index contributed by atoms with van der Waals surface area (Å²) in [4.78, 5) is 22.1. The molecule has 0 aliphatic carbocycles. The first-order valence-electron chi connectivity index (χ1n) is 5.15. The van der Waals surface area contributed by atoms with E-state index in [4.69, 9.17) is 0 Å². The molecule has 19 heavy (non-hydrogen) atoms. The highest BCUT2D eigenvalue weighted by atomic mass is 19.4. The molecule has 0 spiro atoms. The second-order valence-electron chi connectivity index (χ2n) is 4.28. The summed E-state index contributed by atoms with van der Waals surface area (Å²) in [6.45, 7) is -1.12. The summed E-state index contributed by atoms with van der Waals surface area (Å²) >= 11 is 0. The fourth-order valence-electron chi connectivity index (χ4n) is 2.28. The highest BCUT2D eigenvalue weighted by Gasteiger charge is 2.82. The van der Waals surface area contributed by atoms with Crippen LogP contribution in [0.3, 0.4) is 0 Å². The minimum atomic E-state index is -5.88. The van der Waals surface area contributed by atoms with Gasteiger partial charge in [0.05, 0.1) is 6.54 Å². The maximum absolute atomic E-state index is 12.8. The van der Waals surface area contributed by atoms with Gasteiger partial charge in [0.2, 0.25) is 0 Å². The van der Waals surface area contributed by atoms with Gasteiger partial charge in [-0.3, -0.25) is 9.59 Å². The van der Waals surface area contributed by atoms with Crippen LogP contribution >= 0.6 is 0 Å². The molecule has 2 rings (SSSR count). The molecule has 0 aromatic rings. The zero-order valence-electron chi connectivity index (χ0n) is 9.14. The molecule has 0 aromatic heterocycles. The average molecular weight is 291 g/mol. The molecule has 0 unspecified atom stereocenters. The quantitative estimate of drug-likeness (QED) is 0.500. The molecule has 0 saturated carbocycles. The Hall–Kier alpha value is -1.32. The molecular weight excluding hydrogens is 284 g/mol. The van der Waals surface area contributed by atoms with Crippen molar-refractivity contribution in [2.45, 2.75) is 37.0 Å². The van der Waals surface area contributed by atoms with Gasteiger partial charge in [0.15, 0.2) is 0 Å². The number of halogens is 6. The van der Waals surface area contributed by atoms with Crippen LogP contribution in [-0.4, -0.2) is 47.3 Å². The molecule has 0 N–H and O–H groups in total. The number of cyclic esters (lactones) is 1. The third-order valence-electron chi connectivity index (χ3n) is 3.11. The van der Waals surface area contributed by atoms with Gasteiger partial charge in [-0.05, 0) is 6.42 Å². The highest BCUT2D eigenvalue weighted by molar-refractivity contribution is 5.87. The summed E-state index contributed by atoms with van der Waals surface area (Å²) in [6.07, 6.45) is -12.4. The van der Waals surface area contributed by atoms with Crippen molar-refractivity contribution in [1.82, 2.24) is 4.90 Å². The van der Waals surface area contributed by atoms with Crippen LogP contribution in [0.2, 0.25) is 0 Å². The summed E-state index contributed by atoms with van der Waals surface area (Å²) < 4.78 is 80.7. The predicted molar refractivity (Wildman–Crippen MR) is 45.7 cm³/mol. The molecule has 10 heteroatoms. The van der Waals surface area contributed by atoms with Gasteiger partial charge in [-0.15, -0.1) is 0 Å². The first-order valence-corrected chi connectivity index (χ1v) is 5.15. The molecule has 0 radical (unpaired) electrons. The summed E-state index contributed by atoms with van der Waals surface area (Å²) in [5.41, 5.74) is -4.72. The van der Waals surface area contributed by atoms with Gasteiger partial charge >= 0.3 is 24.0 Å². The Balaban J connectivity index is 2.55. The number of carbonyl (C=O) groups excluding carboxylic acids is 2. The van der Waals surface area contributed by atoms with Crippen molar-refractivity contribution < 1.29 is 40.7 Å². The van der Waals surface area contributed by atoms with Crippen LogP contribution in [0.4, 0.5) is 26.3 Å². The second-order valence-corrected chi connectivity index (χ2v) is 4.28. The topological polar surface area (TPSA) is 46.6 Å². The van der Waals surface area contributed by atoms with Gasteiger partial charge in [0.1, 0.15) is 11.8 Å². The Bertz CT molecular complexity index is 415. The fraction of sp³-hybridized carbons (Fsp3) is 0.778. The SMILES string of the molecule is O=C1CC[C@H]2C(=O)OC(C(F)(F)F)(C(F)(F)F)N2C1. The first kappa shape index (κ1) is 14.1. The van der Waals surface area contributed by atoms with E-state index in [9.17, 15) is 35.9 Å². The van der Waals surface area contributed by atoms with Crippen LogP contribution < -0.4 is 0 Å². The van der Waals surface area contributed by atoms with E-state index in [0.29, 0.717) is 0 Å². The van der Waals surface area contributed by atoms with Crippen LogP contribution in [0.1, 0.15) is 12.8 Å². The third-order valence-corrected chi connectivity index (χ3v) is 3.11. The fourth-order valence-corrected chi connectivity index (χ4v) is 2.28. The molecule has 2 fully saturated rings. The van der Waals surface area contributed by atoms with E-state index in [2.05, 4.69) is 4.74 Å². The number of piperidine rings is 1. The zero-order valence-corrected chi connectivity index (χ0v) is 9.14. The number of nitrogens with zero attached hydrogens (tertiary/aromatic N) is 1. The van der Waals surface area contributed by atoms with Crippen molar-refractivity contribution in [2.75, 3.05) is 6.54 Å². The van der Waals surface area contributed by atoms with E-state index in [1.165, 1.54) is 0 Å². The molecule has 4 nitrogen and oxygen atoms in total. The number of carbonyl (C=O) groups is 2. The van der Waals surface area contributed by atoms with Crippen LogP contribution in [0.15, 0.2) is 0 Å². The van der Waals surface area contributed by atoms with E-state index in [-0.39, 0.29) is 11.3 Å². The Morgan fingerprint density at radius 2 is 1.63 bits per heavy atom. The number of Topliss-reactive ketones (excluding diaryl/α,β-unsaturated/α-hetero) is 1. The Morgan fingerprint density at radius 1 is 1.11 bits per heavy atom. The van der Waals surface area contributed by atoms with Crippen molar-refractivity contribution in [2.24, 2.45) is 0 Å². The summed E-state index contributed by atoms with van der Waals surface area (Å²) in [5, 5.41) is 0. The number of alkyl halides is 6.